The number of benzene rings is 1. The van der Waals surface area contributed by atoms with Crippen molar-refractivity contribution in [2.45, 2.75) is 45.1 Å². The molecule has 1 aliphatic rings. The number of nitrogens with one attached hydrogen (secondary N) is 1. The molecule has 2 nitrogen and oxygen atoms in total. The highest BCUT2D eigenvalue weighted by Crippen LogP contribution is 2.28. The predicted octanol–water partition coefficient (Wildman–Crippen LogP) is 4.25. The summed E-state index contributed by atoms with van der Waals surface area (Å²) >= 11 is 0. The van der Waals surface area contributed by atoms with Crippen molar-refractivity contribution in [1.29, 1.82) is 0 Å². The maximum atomic E-state index is 5.27. The van der Waals surface area contributed by atoms with Crippen molar-refractivity contribution in [3.05, 3.63) is 59.0 Å². The van der Waals surface area contributed by atoms with Gasteiger partial charge in [-0.15, -0.1) is 0 Å². The fourth-order valence-corrected chi connectivity index (χ4v) is 3.09. The van der Waals surface area contributed by atoms with E-state index in [9.17, 15) is 0 Å². The fraction of sp³-hybridized carbons (Fsp3) is 0.444. The summed E-state index contributed by atoms with van der Waals surface area (Å²) in [4.78, 5) is 0. The summed E-state index contributed by atoms with van der Waals surface area (Å²) in [6.45, 7) is 3.22. The third-order valence-corrected chi connectivity index (χ3v) is 4.18. The summed E-state index contributed by atoms with van der Waals surface area (Å²) in [5, 5.41) is 3.63. The van der Waals surface area contributed by atoms with Gasteiger partial charge in [0.2, 0.25) is 0 Å². The monoisotopic (exact) mass is 269 g/mol. The lowest BCUT2D eigenvalue weighted by atomic mass is 9.88. The van der Waals surface area contributed by atoms with Crippen LogP contribution in [0.1, 0.15) is 54.5 Å². The number of aryl methyl sites for hydroxylation is 2. The Morgan fingerprint density at radius 2 is 1.95 bits per heavy atom. The maximum Gasteiger partial charge on any atom is 0.0953 e. The van der Waals surface area contributed by atoms with Gasteiger partial charge in [-0.1, -0.05) is 25.1 Å². The molecule has 0 spiro atoms. The Bertz CT molecular complexity index is 545. The largest absolute Gasteiger partial charge is 0.472 e. The smallest absolute Gasteiger partial charge is 0.0953 e. The fourth-order valence-electron chi connectivity index (χ4n) is 3.09. The number of fused-ring (bicyclic) bond motifs is 1. The van der Waals surface area contributed by atoms with E-state index in [2.05, 4.69) is 36.5 Å². The van der Waals surface area contributed by atoms with Crippen LogP contribution in [0.2, 0.25) is 0 Å². The molecule has 0 saturated heterocycles. The van der Waals surface area contributed by atoms with E-state index < -0.39 is 0 Å². The van der Waals surface area contributed by atoms with Gasteiger partial charge < -0.3 is 9.73 Å². The van der Waals surface area contributed by atoms with Crippen LogP contribution in [0.4, 0.5) is 0 Å². The maximum absolute atomic E-state index is 5.27. The van der Waals surface area contributed by atoms with Crippen molar-refractivity contribution < 1.29 is 4.42 Å². The van der Waals surface area contributed by atoms with Crippen molar-refractivity contribution in [2.75, 3.05) is 6.54 Å². The Labute approximate surface area is 121 Å². The van der Waals surface area contributed by atoms with Crippen molar-refractivity contribution in [2.24, 2.45) is 0 Å². The van der Waals surface area contributed by atoms with Gasteiger partial charge in [-0.05, 0) is 61.4 Å². The third kappa shape index (κ3) is 2.80. The quantitative estimate of drug-likeness (QED) is 0.878. The van der Waals surface area contributed by atoms with Gasteiger partial charge in [-0.3, -0.25) is 0 Å². The second kappa shape index (κ2) is 6.27. The van der Waals surface area contributed by atoms with E-state index in [0.29, 0.717) is 0 Å². The molecule has 1 N–H and O–H groups in total. The lowest BCUT2D eigenvalue weighted by molar-refractivity contribution is 0.548. The third-order valence-electron chi connectivity index (χ3n) is 4.18. The molecule has 1 aromatic carbocycles. The van der Waals surface area contributed by atoms with Gasteiger partial charge in [-0.2, -0.15) is 0 Å². The molecule has 1 heterocycles. The molecule has 20 heavy (non-hydrogen) atoms. The van der Waals surface area contributed by atoms with Crippen molar-refractivity contribution in [1.82, 2.24) is 5.32 Å². The van der Waals surface area contributed by atoms with Crippen molar-refractivity contribution >= 4 is 0 Å². The molecule has 3 rings (SSSR count). The van der Waals surface area contributed by atoms with E-state index in [1.165, 1.54) is 36.8 Å². The van der Waals surface area contributed by atoms with E-state index in [1.807, 2.05) is 6.26 Å². The van der Waals surface area contributed by atoms with Gasteiger partial charge in [0.1, 0.15) is 0 Å². The summed E-state index contributed by atoms with van der Waals surface area (Å²) in [7, 11) is 0. The van der Waals surface area contributed by atoms with Crippen LogP contribution in [-0.2, 0) is 12.8 Å². The summed E-state index contributed by atoms with van der Waals surface area (Å²) < 4.78 is 5.27. The normalized spacial score (nSPS) is 15.8. The SMILES string of the molecule is CCCNC(c1ccoc1)c1ccc2c(c1)CCCC2. The van der Waals surface area contributed by atoms with E-state index >= 15 is 0 Å². The minimum atomic E-state index is 0.251. The molecule has 0 radical (unpaired) electrons. The average molecular weight is 269 g/mol. The average Bonchev–Trinajstić information content (AvgIpc) is 3.02. The van der Waals surface area contributed by atoms with Crippen LogP contribution in [0.25, 0.3) is 0 Å². The first-order chi connectivity index (χ1) is 9.88. The van der Waals surface area contributed by atoms with Gasteiger partial charge in [-0.25, -0.2) is 0 Å². The molecule has 1 aromatic heterocycles. The molecular formula is C18H23NO. The minimum Gasteiger partial charge on any atom is -0.472 e. The highest BCUT2D eigenvalue weighted by atomic mass is 16.3. The van der Waals surface area contributed by atoms with Gasteiger partial charge >= 0.3 is 0 Å². The summed E-state index contributed by atoms with van der Waals surface area (Å²) in [6.07, 6.45) is 9.89. The standard InChI is InChI=1S/C18H23NO/c1-2-10-19-18(17-9-11-20-13-17)16-8-7-14-5-3-4-6-15(14)12-16/h7-9,11-13,18-19H,2-6,10H2,1H3. The van der Waals surface area contributed by atoms with Gasteiger partial charge in [0.25, 0.3) is 0 Å². The minimum absolute atomic E-state index is 0.251. The lowest BCUT2D eigenvalue weighted by Crippen LogP contribution is -2.23. The number of hydrogen-bond acceptors (Lipinski definition) is 2. The van der Waals surface area contributed by atoms with Gasteiger partial charge in [0.05, 0.1) is 18.6 Å². The Morgan fingerprint density at radius 1 is 1.10 bits per heavy atom. The molecule has 1 unspecified atom stereocenters. The zero-order chi connectivity index (χ0) is 13.8. The summed E-state index contributed by atoms with van der Waals surface area (Å²) in [5.41, 5.74) is 5.66. The predicted molar refractivity (Wildman–Crippen MR) is 81.9 cm³/mol. The molecular weight excluding hydrogens is 246 g/mol. The Morgan fingerprint density at radius 3 is 2.70 bits per heavy atom. The van der Waals surface area contributed by atoms with Crippen LogP contribution < -0.4 is 5.32 Å². The van der Waals surface area contributed by atoms with Crippen molar-refractivity contribution in [3.63, 3.8) is 0 Å². The van der Waals surface area contributed by atoms with Crippen LogP contribution in [0.5, 0.6) is 0 Å². The first kappa shape index (κ1) is 13.4. The summed E-state index contributed by atoms with van der Waals surface area (Å²) in [6, 6.07) is 9.32. The van der Waals surface area contributed by atoms with Gasteiger partial charge in [0, 0.05) is 5.56 Å². The summed E-state index contributed by atoms with van der Waals surface area (Å²) in [5.74, 6) is 0. The molecule has 2 heteroatoms. The topological polar surface area (TPSA) is 25.2 Å². The molecule has 0 bridgehead atoms. The lowest BCUT2D eigenvalue weighted by Gasteiger charge is -2.22. The van der Waals surface area contributed by atoms with Crippen LogP contribution in [0.15, 0.2) is 41.2 Å². The Hall–Kier alpha value is -1.54. The second-order valence-electron chi connectivity index (χ2n) is 5.68. The van der Waals surface area contributed by atoms with E-state index in [-0.39, 0.29) is 6.04 Å². The van der Waals surface area contributed by atoms with E-state index in [4.69, 9.17) is 4.42 Å². The zero-order valence-corrected chi connectivity index (χ0v) is 12.2. The van der Waals surface area contributed by atoms with Crippen LogP contribution in [-0.4, -0.2) is 6.54 Å². The van der Waals surface area contributed by atoms with E-state index in [0.717, 1.165) is 13.0 Å². The molecule has 1 atom stereocenters. The first-order valence-electron chi connectivity index (χ1n) is 7.75. The van der Waals surface area contributed by atoms with Gasteiger partial charge in [0.15, 0.2) is 0 Å². The molecule has 106 valence electrons. The Kier molecular flexibility index (Phi) is 4.22. The highest BCUT2D eigenvalue weighted by molar-refractivity contribution is 5.38. The zero-order valence-electron chi connectivity index (χ0n) is 12.2. The number of hydrogen-bond donors (Lipinski definition) is 1. The van der Waals surface area contributed by atoms with Crippen LogP contribution in [0, 0.1) is 0 Å². The molecule has 0 amide bonds. The van der Waals surface area contributed by atoms with Crippen LogP contribution in [0.3, 0.4) is 0 Å². The second-order valence-corrected chi connectivity index (χ2v) is 5.68. The number of furan rings is 1. The van der Waals surface area contributed by atoms with E-state index in [1.54, 1.807) is 17.4 Å². The molecule has 1 aliphatic carbocycles. The highest BCUT2D eigenvalue weighted by Gasteiger charge is 2.17. The Balaban J connectivity index is 1.90. The number of rotatable bonds is 5. The van der Waals surface area contributed by atoms with Crippen molar-refractivity contribution in [3.8, 4) is 0 Å². The first-order valence-corrected chi connectivity index (χ1v) is 7.75. The molecule has 2 aromatic rings. The molecule has 0 aliphatic heterocycles. The molecule has 0 fully saturated rings. The van der Waals surface area contributed by atoms with Crippen LogP contribution >= 0.6 is 0 Å². The molecule has 0 saturated carbocycles.